The molecule has 0 radical (unpaired) electrons. The van der Waals surface area contributed by atoms with E-state index in [-0.39, 0.29) is 18.6 Å². The summed E-state index contributed by atoms with van der Waals surface area (Å²) < 4.78 is 0. The molecule has 1 heterocycles. The molecule has 3 atom stereocenters. The number of nitrogens with one attached hydrogen (secondary N) is 1. The fourth-order valence-electron chi connectivity index (χ4n) is 3.52. The first-order valence-corrected chi connectivity index (χ1v) is 7.84. The Balaban J connectivity index is 1.73. The fraction of sp³-hybridized carbons (Fsp3) is 0.933. The molecule has 2 aliphatic rings. The van der Waals surface area contributed by atoms with Gasteiger partial charge < -0.3 is 15.3 Å². The first kappa shape index (κ1) is 14.8. The molecule has 19 heavy (non-hydrogen) atoms. The van der Waals surface area contributed by atoms with Gasteiger partial charge in [-0.15, -0.1) is 0 Å². The maximum absolute atomic E-state index is 12.4. The average molecular weight is 268 g/mol. The van der Waals surface area contributed by atoms with Gasteiger partial charge in [-0.3, -0.25) is 4.79 Å². The number of rotatable bonds is 6. The SMILES string of the molecule is CN(CCCCCO)C(=O)C1CC2CCCCC2N1. The number of aliphatic hydroxyl groups is 1. The van der Waals surface area contributed by atoms with Crippen molar-refractivity contribution in [1.29, 1.82) is 0 Å². The second kappa shape index (κ2) is 7.25. The summed E-state index contributed by atoms with van der Waals surface area (Å²) in [7, 11) is 1.91. The van der Waals surface area contributed by atoms with Gasteiger partial charge in [0, 0.05) is 26.2 Å². The van der Waals surface area contributed by atoms with Gasteiger partial charge in [0.2, 0.25) is 5.91 Å². The minimum atomic E-state index is 0.0518. The zero-order chi connectivity index (χ0) is 13.7. The summed E-state index contributed by atoms with van der Waals surface area (Å²) in [6, 6.07) is 0.640. The highest BCUT2D eigenvalue weighted by Gasteiger charge is 2.38. The molecule has 0 aromatic carbocycles. The molecule has 1 saturated heterocycles. The number of fused-ring (bicyclic) bond motifs is 1. The minimum absolute atomic E-state index is 0.0518. The number of likely N-dealkylation sites (N-methyl/N-ethyl adjacent to an activating group) is 1. The van der Waals surface area contributed by atoms with Crippen LogP contribution in [0.4, 0.5) is 0 Å². The third kappa shape index (κ3) is 3.93. The van der Waals surface area contributed by atoms with E-state index in [1.54, 1.807) is 0 Å². The van der Waals surface area contributed by atoms with E-state index in [1.807, 2.05) is 11.9 Å². The minimum Gasteiger partial charge on any atom is -0.396 e. The predicted octanol–water partition coefficient (Wildman–Crippen LogP) is 1.53. The van der Waals surface area contributed by atoms with Crippen LogP contribution in [0.25, 0.3) is 0 Å². The monoisotopic (exact) mass is 268 g/mol. The number of aliphatic hydroxyl groups excluding tert-OH is 1. The van der Waals surface area contributed by atoms with Crippen LogP contribution < -0.4 is 5.32 Å². The normalized spacial score (nSPS) is 30.1. The molecule has 4 heteroatoms. The fourth-order valence-corrected chi connectivity index (χ4v) is 3.52. The van der Waals surface area contributed by atoms with E-state index in [9.17, 15) is 4.79 Å². The summed E-state index contributed by atoms with van der Waals surface area (Å²) in [6.07, 6.45) is 9.04. The van der Waals surface area contributed by atoms with Crippen molar-refractivity contribution in [2.45, 2.75) is 63.5 Å². The first-order valence-electron chi connectivity index (χ1n) is 7.84. The highest BCUT2D eigenvalue weighted by Crippen LogP contribution is 2.33. The second-order valence-corrected chi connectivity index (χ2v) is 6.15. The first-order chi connectivity index (χ1) is 9.22. The molecule has 0 aromatic heterocycles. The van der Waals surface area contributed by atoms with Crippen LogP contribution in [0.5, 0.6) is 0 Å². The largest absolute Gasteiger partial charge is 0.396 e. The number of nitrogens with zero attached hydrogens (tertiary/aromatic N) is 1. The third-order valence-electron chi connectivity index (χ3n) is 4.69. The van der Waals surface area contributed by atoms with Crippen LogP contribution in [0.15, 0.2) is 0 Å². The van der Waals surface area contributed by atoms with Crippen LogP contribution in [0.3, 0.4) is 0 Å². The molecule has 4 nitrogen and oxygen atoms in total. The van der Waals surface area contributed by atoms with Crippen molar-refractivity contribution in [2.24, 2.45) is 5.92 Å². The number of hydrogen-bond acceptors (Lipinski definition) is 3. The van der Waals surface area contributed by atoms with Crippen molar-refractivity contribution < 1.29 is 9.90 Å². The molecule has 0 spiro atoms. The quantitative estimate of drug-likeness (QED) is 0.718. The Labute approximate surface area is 116 Å². The summed E-state index contributed by atoms with van der Waals surface area (Å²) in [5, 5.41) is 12.3. The van der Waals surface area contributed by atoms with E-state index < -0.39 is 0 Å². The Morgan fingerprint density at radius 2 is 2.05 bits per heavy atom. The van der Waals surface area contributed by atoms with E-state index in [2.05, 4.69) is 5.32 Å². The molecule has 0 bridgehead atoms. The van der Waals surface area contributed by atoms with Crippen LogP contribution in [-0.4, -0.2) is 48.2 Å². The van der Waals surface area contributed by atoms with E-state index in [0.29, 0.717) is 6.04 Å². The maximum Gasteiger partial charge on any atom is 0.239 e. The van der Waals surface area contributed by atoms with Crippen molar-refractivity contribution in [2.75, 3.05) is 20.2 Å². The molecule has 2 N–H and O–H groups in total. The number of unbranched alkanes of at least 4 members (excludes halogenated alkanes) is 2. The lowest BCUT2D eigenvalue weighted by Gasteiger charge is -2.24. The van der Waals surface area contributed by atoms with Crippen molar-refractivity contribution in [1.82, 2.24) is 10.2 Å². The molecular weight excluding hydrogens is 240 g/mol. The summed E-state index contributed by atoms with van der Waals surface area (Å²) >= 11 is 0. The van der Waals surface area contributed by atoms with Gasteiger partial charge in [-0.2, -0.15) is 0 Å². The lowest BCUT2D eigenvalue weighted by atomic mass is 9.85. The Morgan fingerprint density at radius 3 is 2.79 bits per heavy atom. The van der Waals surface area contributed by atoms with Gasteiger partial charge in [-0.25, -0.2) is 0 Å². The van der Waals surface area contributed by atoms with Gasteiger partial charge in [-0.1, -0.05) is 12.8 Å². The van der Waals surface area contributed by atoms with Crippen LogP contribution in [0, 0.1) is 5.92 Å². The van der Waals surface area contributed by atoms with Crippen LogP contribution in [0.1, 0.15) is 51.4 Å². The molecule has 1 aliphatic carbocycles. The van der Waals surface area contributed by atoms with Gasteiger partial charge in [0.25, 0.3) is 0 Å². The summed E-state index contributed by atoms with van der Waals surface area (Å²) in [5.74, 6) is 0.990. The summed E-state index contributed by atoms with van der Waals surface area (Å²) in [4.78, 5) is 14.2. The molecule has 1 saturated carbocycles. The highest BCUT2D eigenvalue weighted by atomic mass is 16.2. The Hall–Kier alpha value is -0.610. The maximum atomic E-state index is 12.4. The van der Waals surface area contributed by atoms with Gasteiger partial charge in [0.1, 0.15) is 0 Å². The molecule has 3 unspecified atom stereocenters. The highest BCUT2D eigenvalue weighted by molar-refractivity contribution is 5.82. The lowest BCUT2D eigenvalue weighted by molar-refractivity contribution is -0.131. The van der Waals surface area contributed by atoms with E-state index >= 15 is 0 Å². The van der Waals surface area contributed by atoms with Crippen molar-refractivity contribution in [3.05, 3.63) is 0 Å². The molecule has 2 rings (SSSR count). The van der Waals surface area contributed by atoms with Crippen molar-refractivity contribution in [3.63, 3.8) is 0 Å². The molecule has 1 amide bonds. The number of carbonyl (C=O) groups is 1. The summed E-state index contributed by atoms with van der Waals surface area (Å²) in [6.45, 7) is 1.07. The van der Waals surface area contributed by atoms with Gasteiger partial charge >= 0.3 is 0 Å². The van der Waals surface area contributed by atoms with E-state index in [0.717, 1.165) is 38.1 Å². The Bertz CT molecular complexity index is 282. The zero-order valence-corrected chi connectivity index (χ0v) is 12.1. The Morgan fingerprint density at radius 1 is 1.26 bits per heavy atom. The number of carbonyl (C=O) groups excluding carboxylic acids is 1. The Kier molecular flexibility index (Phi) is 5.64. The average Bonchev–Trinajstić information content (AvgIpc) is 2.86. The molecule has 110 valence electrons. The van der Waals surface area contributed by atoms with E-state index in [1.165, 1.54) is 25.7 Å². The number of hydrogen-bond donors (Lipinski definition) is 2. The molecule has 1 aliphatic heterocycles. The van der Waals surface area contributed by atoms with Crippen molar-refractivity contribution in [3.8, 4) is 0 Å². The van der Waals surface area contributed by atoms with Crippen LogP contribution in [-0.2, 0) is 4.79 Å². The summed E-state index contributed by atoms with van der Waals surface area (Å²) in [5.41, 5.74) is 0. The van der Waals surface area contributed by atoms with Crippen LogP contribution in [0.2, 0.25) is 0 Å². The zero-order valence-electron chi connectivity index (χ0n) is 12.1. The van der Waals surface area contributed by atoms with Crippen molar-refractivity contribution >= 4 is 5.91 Å². The van der Waals surface area contributed by atoms with E-state index in [4.69, 9.17) is 5.11 Å². The smallest absolute Gasteiger partial charge is 0.239 e. The second-order valence-electron chi connectivity index (χ2n) is 6.15. The molecule has 0 aromatic rings. The van der Waals surface area contributed by atoms with Gasteiger partial charge in [0.15, 0.2) is 0 Å². The van der Waals surface area contributed by atoms with Gasteiger partial charge in [-0.05, 0) is 44.4 Å². The van der Waals surface area contributed by atoms with Gasteiger partial charge in [0.05, 0.1) is 6.04 Å². The topological polar surface area (TPSA) is 52.6 Å². The van der Waals surface area contributed by atoms with Crippen LogP contribution >= 0.6 is 0 Å². The lowest BCUT2D eigenvalue weighted by Crippen LogP contribution is -2.44. The third-order valence-corrected chi connectivity index (χ3v) is 4.69. The molecular formula is C15H28N2O2. The standard InChI is InChI=1S/C15H28N2O2/c1-17(9-5-2-6-10-18)15(19)14-11-12-7-3-4-8-13(12)16-14/h12-14,16,18H,2-11H2,1H3. The number of amides is 1. The predicted molar refractivity (Wildman–Crippen MR) is 75.9 cm³/mol. The molecule has 2 fully saturated rings.